The number of halogens is 1. The van der Waals surface area contributed by atoms with Crippen LogP contribution in [0.15, 0.2) is 15.9 Å². The third-order valence-electron chi connectivity index (χ3n) is 4.54. The topological polar surface area (TPSA) is 0 Å². The van der Waals surface area contributed by atoms with Crippen molar-refractivity contribution < 1.29 is 0 Å². The molecule has 0 atom stereocenters. The first kappa shape index (κ1) is 20.7. The lowest BCUT2D eigenvalue weighted by molar-refractivity contribution is 0.667. The number of thiophene rings is 2. The minimum atomic E-state index is 1.12. The molecule has 0 saturated heterocycles. The Hall–Kier alpha value is -0.560. The summed E-state index contributed by atoms with van der Waals surface area (Å²) >= 11 is 7.34. The Morgan fingerprint density at radius 1 is 0.880 bits per heavy atom. The van der Waals surface area contributed by atoms with Crippen LogP contribution in [0, 0.1) is 12.3 Å². The molecule has 0 amide bonds. The molecule has 136 valence electrons. The summed E-state index contributed by atoms with van der Waals surface area (Å²) in [7, 11) is 0. The number of terminal acetylenes is 1. The highest BCUT2D eigenvalue weighted by Crippen LogP contribution is 2.41. The van der Waals surface area contributed by atoms with Gasteiger partial charge in [-0.2, -0.15) is 0 Å². The molecule has 2 aromatic rings. The molecule has 0 aliphatic heterocycles. The van der Waals surface area contributed by atoms with E-state index in [1.54, 1.807) is 11.3 Å². The largest absolute Gasteiger partial charge is 0.127 e. The lowest BCUT2D eigenvalue weighted by Crippen LogP contribution is -1.86. The summed E-state index contributed by atoms with van der Waals surface area (Å²) in [6, 6.07) is 4.67. The van der Waals surface area contributed by atoms with Gasteiger partial charge in [0.1, 0.15) is 0 Å². The Morgan fingerprint density at radius 3 is 2.12 bits per heavy atom. The normalized spacial score (nSPS) is 11.0. The molecule has 3 heteroatoms. The molecule has 0 saturated carbocycles. The van der Waals surface area contributed by atoms with Gasteiger partial charge in [0.2, 0.25) is 0 Å². The van der Waals surface area contributed by atoms with Gasteiger partial charge in [0.25, 0.3) is 0 Å². The van der Waals surface area contributed by atoms with Gasteiger partial charge in [0, 0.05) is 9.75 Å². The van der Waals surface area contributed by atoms with Gasteiger partial charge in [0.15, 0.2) is 0 Å². The molecule has 0 N–H and O–H groups in total. The van der Waals surface area contributed by atoms with E-state index in [9.17, 15) is 0 Å². The average Bonchev–Trinajstić information content (AvgIpc) is 3.18. The highest BCUT2D eigenvalue weighted by Gasteiger charge is 2.15. The van der Waals surface area contributed by atoms with Crippen LogP contribution < -0.4 is 0 Å². The molecular formula is C22H29BrS2. The van der Waals surface area contributed by atoms with Crippen molar-refractivity contribution >= 4 is 38.6 Å². The van der Waals surface area contributed by atoms with Crippen molar-refractivity contribution in [3.63, 3.8) is 0 Å². The van der Waals surface area contributed by atoms with Crippen molar-refractivity contribution in [3.8, 4) is 22.1 Å². The van der Waals surface area contributed by atoms with Gasteiger partial charge in [0.05, 0.1) is 8.66 Å². The summed E-state index contributed by atoms with van der Waals surface area (Å²) in [6.07, 6.45) is 18.5. The van der Waals surface area contributed by atoms with Crippen LogP contribution >= 0.6 is 38.6 Å². The van der Waals surface area contributed by atoms with Crippen LogP contribution in [-0.4, -0.2) is 0 Å². The fourth-order valence-electron chi connectivity index (χ4n) is 3.12. The number of hydrogen-bond donors (Lipinski definition) is 0. The monoisotopic (exact) mass is 436 g/mol. The molecule has 0 bridgehead atoms. The van der Waals surface area contributed by atoms with E-state index < -0.39 is 0 Å². The van der Waals surface area contributed by atoms with E-state index in [2.05, 4.69) is 47.8 Å². The Labute approximate surface area is 170 Å². The lowest BCUT2D eigenvalue weighted by atomic mass is 10.0. The first-order chi connectivity index (χ1) is 12.2. The van der Waals surface area contributed by atoms with Crippen molar-refractivity contribution in [3.05, 3.63) is 31.9 Å². The van der Waals surface area contributed by atoms with Crippen molar-refractivity contribution in [1.29, 1.82) is 0 Å². The van der Waals surface area contributed by atoms with Crippen LogP contribution in [0.4, 0.5) is 0 Å². The smallest absolute Gasteiger partial charge is 0.0804 e. The molecule has 0 aliphatic carbocycles. The van der Waals surface area contributed by atoms with E-state index in [0.717, 1.165) is 11.3 Å². The van der Waals surface area contributed by atoms with Crippen molar-refractivity contribution in [2.24, 2.45) is 0 Å². The van der Waals surface area contributed by atoms with Gasteiger partial charge in [-0.1, -0.05) is 58.3 Å². The van der Waals surface area contributed by atoms with E-state index >= 15 is 0 Å². The fourth-order valence-corrected chi connectivity index (χ4v) is 5.98. The summed E-state index contributed by atoms with van der Waals surface area (Å²) < 4.78 is 1.23. The molecular weight excluding hydrogens is 408 g/mol. The Morgan fingerprint density at radius 2 is 1.52 bits per heavy atom. The van der Waals surface area contributed by atoms with Gasteiger partial charge >= 0.3 is 0 Å². The number of rotatable bonds is 11. The SMILES string of the molecule is C#Cc1sc(-c2sc(Br)cc2CCCCCC)cc1CCCCCC. The highest BCUT2D eigenvalue weighted by molar-refractivity contribution is 9.11. The predicted octanol–water partition coefficient (Wildman–Crippen LogP) is 8.47. The van der Waals surface area contributed by atoms with Gasteiger partial charge in [-0.15, -0.1) is 29.1 Å². The zero-order valence-electron chi connectivity index (χ0n) is 15.5. The standard InChI is InChI=1S/C22H29BrS2/c1-4-7-9-11-13-17-15-20(24-19(17)6-3)22-18(16-21(23)25-22)14-12-10-8-5-2/h3,15-16H,4-5,7-14H2,1-2H3. The van der Waals surface area contributed by atoms with Gasteiger partial charge in [-0.3, -0.25) is 0 Å². The van der Waals surface area contributed by atoms with Crippen molar-refractivity contribution in [1.82, 2.24) is 0 Å². The van der Waals surface area contributed by atoms with E-state index in [4.69, 9.17) is 6.42 Å². The highest BCUT2D eigenvalue weighted by atomic mass is 79.9. The number of hydrogen-bond acceptors (Lipinski definition) is 2. The fraction of sp³-hybridized carbons (Fsp3) is 0.545. The van der Waals surface area contributed by atoms with Crippen LogP contribution in [-0.2, 0) is 12.8 Å². The molecule has 0 radical (unpaired) electrons. The average molecular weight is 438 g/mol. The lowest BCUT2D eigenvalue weighted by Gasteiger charge is -2.02. The third kappa shape index (κ3) is 6.27. The first-order valence-corrected chi connectivity index (χ1v) is 12.0. The predicted molar refractivity (Wildman–Crippen MR) is 119 cm³/mol. The molecule has 25 heavy (non-hydrogen) atoms. The second kappa shape index (κ2) is 11.2. The van der Waals surface area contributed by atoms with Crippen LogP contribution in [0.5, 0.6) is 0 Å². The van der Waals surface area contributed by atoms with Gasteiger partial charge < -0.3 is 0 Å². The minimum Gasteiger partial charge on any atom is -0.127 e. The molecule has 2 aromatic heterocycles. The maximum Gasteiger partial charge on any atom is 0.0804 e. The molecule has 0 unspecified atom stereocenters. The molecule has 0 nitrogen and oxygen atoms in total. The molecule has 2 rings (SSSR count). The van der Waals surface area contributed by atoms with Crippen LogP contribution in [0.1, 0.15) is 81.2 Å². The summed E-state index contributed by atoms with van der Waals surface area (Å²) in [6.45, 7) is 4.52. The summed E-state index contributed by atoms with van der Waals surface area (Å²) in [5.74, 6) is 2.92. The molecule has 0 aliphatic rings. The van der Waals surface area contributed by atoms with E-state index in [-0.39, 0.29) is 0 Å². The number of unbranched alkanes of at least 4 members (excludes halogenated alkanes) is 6. The van der Waals surface area contributed by atoms with E-state index in [0.29, 0.717) is 0 Å². The zero-order chi connectivity index (χ0) is 18.1. The Kier molecular flexibility index (Phi) is 9.31. The summed E-state index contributed by atoms with van der Waals surface area (Å²) in [4.78, 5) is 3.91. The van der Waals surface area contributed by atoms with Crippen LogP contribution in [0.2, 0.25) is 0 Å². The second-order valence-corrected chi connectivity index (χ2v) is 10.1. The summed E-state index contributed by atoms with van der Waals surface area (Å²) in [5.41, 5.74) is 2.86. The van der Waals surface area contributed by atoms with Crippen molar-refractivity contribution in [2.75, 3.05) is 0 Å². The van der Waals surface area contributed by atoms with Crippen molar-refractivity contribution in [2.45, 2.75) is 78.1 Å². The Bertz CT molecular complexity index is 687. The molecule has 2 heterocycles. The molecule has 0 fully saturated rings. The first-order valence-electron chi connectivity index (χ1n) is 9.57. The van der Waals surface area contributed by atoms with E-state index in [1.165, 1.54) is 82.5 Å². The van der Waals surface area contributed by atoms with Crippen LogP contribution in [0.25, 0.3) is 9.75 Å². The van der Waals surface area contributed by atoms with Gasteiger partial charge in [-0.05, 0) is 64.9 Å². The molecule has 0 spiro atoms. The zero-order valence-corrected chi connectivity index (χ0v) is 18.7. The minimum absolute atomic E-state index is 1.12. The van der Waals surface area contributed by atoms with Crippen LogP contribution in [0.3, 0.4) is 0 Å². The quantitative estimate of drug-likeness (QED) is 0.244. The maximum absolute atomic E-state index is 5.78. The maximum atomic E-state index is 5.78. The number of aryl methyl sites for hydroxylation is 2. The van der Waals surface area contributed by atoms with Gasteiger partial charge in [-0.25, -0.2) is 0 Å². The second-order valence-electron chi connectivity index (χ2n) is 6.64. The summed E-state index contributed by atoms with van der Waals surface area (Å²) in [5, 5.41) is 0. The molecule has 0 aromatic carbocycles. The third-order valence-corrected chi connectivity index (χ3v) is 7.51. The van der Waals surface area contributed by atoms with E-state index in [1.807, 2.05) is 11.3 Å². The Balaban J connectivity index is 2.12.